The number of pyridine rings is 1. The molecular weight excluding hydrogens is 312 g/mol. The van der Waals surface area contributed by atoms with Crippen molar-refractivity contribution in [3.05, 3.63) is 23.9 Å². The molecule has 1 aliphatic heterocycles. The average molecular weight is 336 g/mol. The molecule has 8 nitrogen and oxygen atoms in total. The Labute approximate surface area is 141 Å². The Bertz CT molecular complexity index is 595. The summed E-state index contributed by atoms with van der Waals surface area (Å²) in [6.45, 7) is 1.32. The molecule has 2 N–H and O–H groups in total. The van der Waals surface area contributed by atoms with Crippen LogP contribution in [0.3, 0.4) is 0 Å². The van der Waals surface area contributed by atoms with Gasteiger partial charge >= 0.3 is 0 Å². The van der Waals surface area contributed by atoms with Gasteiger partial charge in [0, 0.05) is 27.7 Å². The van der Waals surface area contributed by atoms with Crippen molar-refractivity contribution in [3.63, 3.8) is 0 Å². The third-order valence-electron chi connectivity index (χ3n) is 4.06. The van der Waals surface area contributed by atoms with Crippen LogP contribution in [0.5, 0.6) is 0 Å². The second-order valence-corrected chi connectivity index (χ2v) is 5.67. The molecule has 0 saturated carbocycles. The van der Waals surface area contributed by atoms with E-state index in [2.05, 4.69) is 15.6 Å². The monoisotopic (exact) mass is 336 g/mol. The fourth-order valence-corrected chi connectivity index (χ4v) is 2.62. The van der Waals surface area contributed by atoms with Crippen LogP contribution in [0.4, 0.5) is 5.82 Å². The highest BCUT2D eigenvalue weighted by atomic mass is 16.5. The Kier molecular flexibility index (Phi) is 6.10. The van der Waals surface area contributed by atoms with Crippen LogP contribution in [0.15, 0.2) is 18.2 Å². The minimum absolute atomic E-state index is 0.119. The minimum atomic E-state index is -0.868. The highest BCUT2D eigenvalue weighted by Crippen LogP contribution is 2.22. The topological polar surface area (TPSA) is 92.8 Å². The quantitative estimate of drug-likeness (QED) is 0.793. The lowest BCUT2D eigenvalue weighted by atomic mass is 9.99. The van der Waals surface area contributed by atoms with Crippen molar-refractivity contribution in [1.82, 2.24) is 15.2 Å². The summed E-state index contributed by atoms with van der Waals surface area (Å²) in [4.78, 5) is 30.5. The summed E-state index contributed by atoms with van der Waals surface area (Å²) < 4.78 is 11.2. The van der Waals surface area contributed by atoms with E-state index in [1.165, 1.54) is 7.11 Å². The van der Waals surface area contributed by atoms with Gasteiger partial charge in [-0.3, -0.25) is 9.59 Å². The molecule has 0 aliphatic carbocycles. The maximum absolute atomic E-state index is 12.8. The van der Waals surface area contributed by atoms with Crippen molar-refractivity contribution in [2.75, 3.05) is 52.8 Å². The second-order valence-electron chi connectivity index (χ2n) is 5.67. The number of aromatic nitrogens is 1. The van der Waals surface area contributed by atoms with Gasteiger partial charge in [0.1, 0.15) is 17.1 Å². The van der Waals surface area contributed by atoms with Gasteiger partial charge in [-0.1, -0.05) is 6.07 Å². The van der Waals surface area contributed by atoms with Gasteiger partial charge in [0.05, 0.1) is 26.2 Å². The molecule has 0 radical (unpaired) electrons. The predicted molar refractivity (Wildman–Crippen MR) is 88.9 cm³/mol. The van der Waals surface area contributed by atoms with Gasteiger partial charge in [-0.05, 0) is 12.1 Å². The van der Waals surface area contributed by atoms with Gasteiger partial charge in [-0.2, -0.15) is 0 Å². The van der Waals surface area contributed by atoms with E-state index in [1.54, 1.807) is 37.2 Å². The van der Waals surface area contributed by atoms with E-state index in [0.717, 1.165) is 0 Å². The van der Waals surface area contributed by atoms with Crippen molar-refractivity contribution < 1.29 is 19.1 Å². The minimum Gasteiger partial charge on any atom is -0.377 e. The highest BCUT2D eigenvalue weighted by molar-refractivity contribution is 5.92. The molecule has 1 saturated heterocycles. The zero-order valence-electron chi connectivity index (χ0n) is 14.3. The Morgan fingerprint density at radius 2 is 2.21 bits per heavy atom. The van der Waals surface area contributed by atoms with Crippen LogP contribution in [0.2, 0.25) is 0 Å². The van der Waals surface area contributed by atoms with E-state index in [0.29, 0.717) is 24.7 Å². The number of hydrogen-bond donors (Lipinski definition) is 2. The summed E-state index contributed by atoms with van der Waals surface area (Å²) >= 11 is 0. The third kappa shape index (κ3) is 4.21. The number of rotatable bonds is 5. The summed E-state index contributed by atoms with van der Waals surface area (Å²) in [5.41, 5.74) is -0.527. The van der Waals surface area contributed by atoms with Gasteiger partial charge in [-0.15, -0.1) is 0 Å². The smallest absolute Gasteiger partial charge is 0.272 e. The summed E-state index contributed by atoms with van der Waals surface area (Å²) in [6, 6.07) is 5.23. The molecule has 2 rings (SSSR count). The van der Waals surface area contributed by atoms with Crippen LogP contribution in [-0.4, -0.2) is 74.8 Å². The van der Waals surface area contributed by atoms with Crippen molar-refractivity contribution in [3.8, 4) is 0 Å². The number of nitrogens with zero attached hydrogens (tertiary/aromatic N) is 2. The molecule has 0 aromatic carbocycles. The van der Waals surface area contributed by atoms with E-state index in [1.807, 2.05) is 0 Å². The number of carbonyl (C=O) groups is 2. The number of ether oxygens (including phenoxy) is 2. The van der Waals surface area contributed by atoms with Crippen LogP contribution < -0.4 is 10.6 Å². The molecule has 2 amide bonds. The van der Waals surface area contributed by atoms with Crippen molar-refractivity contribution in [2.24, 2.45) is 0 Å². The zero-order valence-corrected chi connectivity index (χ0v) is 14.3. The predicted octanol–water partition coefficient (Wildman–Crippen LogP) is 0.117. The molecule has 1 aromatic rings. The molecule has 2 heterocycles. The first-order valence-electron chi connectivity index (χ1n) is 7.81. The van der Waals surface area contributed by atoms with Crippen LogP contribution in [-0.2, 0) is 14.3 Å². The molecule has 1 aromatic heterocycles. The fraction of sp³-hybridized carbons (Fsp3) is 0.562. The Morgan fingerprint density at radius 3 is 2.88 bits per heavy atom. The first-order chi connectivity index (χ1) is 11.5. The molecule has 8 heteroatoms. The van der Waals surface area contributed by atoms with Crippen LogP contribution in [0, 0.1) is 0 Å². The first-order valence-corrected chi connectivity index (χ1v) is 7.81. The van der Waals surface area contributed by atoms with Crippen LogP contribution in [0.1, 0.15) is 16.9 Å². The summed E-state index contributed by atoms with van der Waals surface area (Å²) in [5.74, 6) is 0.247. The molecule has 1 fully saturated rings. The SMILES string of the molecule is CNC(=O)C[C@]1(OC)COCCN(C(=O)c2cccc(NC)n2)C1. The van der Waals surface area contributed by atoms with Gasteiger partial charge in [0.2, 0.25) is 5.91 Å². The Balaban J connectivity index is 2.21. The van der Waals surface area contributed by atoms with E-state index in [4.69, 9.17) is 9.47 Å². The number of nitrogens with one attached hydrogen (secondary N) is 2. The van der Waals surface area contributed by atoms with Crippen LogP contribution >= 0.6 is 0 Å². The lowest BCUT2D eigenvalue weighted by Gasteiger charge is -2.33. The molecule has 0 unspecified atom stereocenters. The van der Waals surface area contributed by atoms with Gasteiger partial charge < -0.3 is 25.0 Å². The molecule has 1 atom stereocenters. The summed E-state index contributed by atoms with van der Waals surface area (Å²) in [7, 11) is 4.84. The maximum atomic E-state index is 12.8. The summed E-state index contributed by atoms with van der Waals surface area (Å²) in [5, 5.41) is 5.50. The Morgan fingerprint density at radius 1 is 1.42 bits per heavy atom. The standard InChI is InChI=1S/C16H24N4O4/c1-17-13-6-4-5-12(19-13)15(22)20-7-8-24-11-16(10-20,23-3)9-14(21)18-2/h4-6H,7-11H2,1-3H3,(H,17,19)(H,18,21)/t16-/m1/s1. The number of hydrogen-bond acceptors (Lipinski definition) is 6. The van der Waals surface area contributed by atoms with Gasteiger partial charge in [0.15, 0.2) is 0 Å². The zero-order chi connectivity index (χ0) is 17.6. The number of carbonyl (C=O) groups excluding carboxylic acids is 2. The fourth-order valence-electron chi connectivity index (χ4n) is 2.62. The van der Waals surface area contributed by atoms with E-state index < -0.39 is 5.60 Å². The average Bonchev–Trinajstić information content (AvgIpc) is 2.84. The molecule has 0 spiro atoms. The molecule has 24 heavy (non-hydrogen) atoms. The van der Waals surface area contributed by atoms with E-state index in [9.17, 15) is 9.59 Å². The van der Waals surface area contributed by atoms with Crippen LogP contribution in [0.25, 0.3) is 0 Å². The molecular formula is C16H24N4O4. The number of anilines is 1. The lowest BCUT2D eigenvalue weighted by molar-refractivity contribution is -0.131. The first kappa shape index (κ1) is 18.2. The third-order valence-corrected chi connectivity index (χ3v) is 4.06. The van der Waals surface area contributed by atoms with E-state index >= 15 is 0 Å². The van der Waals surface area contributed by atoms with Gasteiger partial charge in [-0.25, -0.2) is 4.98 Å². The molecule has 0 bridgehead atoms. The van der Waals surface area contributed by atoms with Crippen molar-refractivity contribution in [1.29, 1.82) is 0 Å². The van der Waals surface area contributed by atoms with Crippen molar-refractivity contribution >= 4 is 17.6 Å². The number of methoxy groups -OCH3 is 1. The molecule has 132 valence electrons. The van der Waals surface area contributed by atoms with Gasteiger partial charge in [0.25, 0.3) is 5.91 Å². The van der Waals surface area contributed by atoms with Crippen molar-refractivity contribution in [2.45, 2.75) is 12.0 Å². The highest BCUT2D eigenvalue weighted by Gasteiger charge is 2.38. The normalized spacial score (nSPS) is 21.0. The molecule has 1 aliphatic rings. The largest absolute Gasteiger partial charge is 0.377 e. The number of amides is 2. The van der Waals surface area contributed by atoms with E-state index in [-0.39, 0.29) is 31.4 Å². The maximum Gasteiger partial charge on any atom is 0.272 e. The lowest BCUT2D eigenvalue weighted by Crippen LogP contribution is -2.50. The summed E-state index contributed by atoms with van der Waals surface area (Å²) in [6.07, 6.45) is 0.119. The Hall–Kier alpha value is -2.19. The second kappa shape index (κ2) is 8.07.